The lowest BCUT2D eigenvalue weighted by Crippen LogP contribution is -2.26. The van der Waals surface area contributed by atoms with Gasteiger partial charge in [-0.15, -0.1) is 0 Å². The standard InChI is InChI=1S/C19H17FN4.C2HF3O2/c20-15-4-1-5-16(11-15)24-9-6-17-18(7-10-24)22-13-23-19(17)14-3-2-8-21-12-14;3-2(4,5)1(6)7/h1-5,8,11-13H,6-7,9-10H2;(H,6,7). The number of anilines is 1. The van der Waals surface area contributed by atoms with E-state index in [2.05, 4.69) is 19.9 Å². The Morgan fingerprint density at radius 3 is 2.45 bits per heavy atom. The topological polar surface area (TPSA) is 79.2 Å². The fraction of sp³-hybridized carbons (Fsp3) is 0.238. The van der Waals surface area contributed by atoms with Gasteiger partial charge < -0.3 is 10.0 Å². The average Bonchev–Trinajstić information content (AvgIpc) is 2.97. The highest BCUT2D eigenvalue weighted by atomic mass is 19.4. The molecule has 0 amide bonds. The number of aliphatic carboxylic acids is 1. The van der Waals surface area contributed by atoms with Gasteiger partial charge in [0.25, 0.3) is 0 Å². The van der Waals surface area contributed by atoms with Gasteiger partial charge in [0.05, 0.1) is 5.69 Å². The van der Waals surface area contributed by atoms with Crippen LogP contribution in [-0.2, 0) is 17.6 Å². The van der Waals surface area contributed by atoms with Crippen molar-refractivity contribution >= 4 is 11.7 Å². The summed E-state index contributed by atoms with van der Waals surface area (Å²) in [6.45, 7) is 1.64. The van der Waals surface area contributed by atoms with E-state index in [-0.39, 0.29) is 5.82 Å². The Hall–Kier alpha value is -3.56. The minimum atomic E-state index is -5.08. The van der Waals surface area contributed by atoms with Crippen LogP contribution in [0.4, 0.5) is 23.2 Å². The summed E-state index contributed by atoms with van der Waals surface area (Å²) in [6.07, 6.45) is 1.78. The molecule has 0 atom stereocenters. The first-order valence-electron chi connectivity index (χ1n) is 9.29. The molecule has 1 N–H and O–H groups in total. The maximum atomic E-state index is 13.5. The molecule has 0 fully saturated rings. The van der Waals surface area contributed by atoms with E-state index < -0.39 is 12.1 Å². The Kier molecular flexibility index (Phi) is 6.78. The first-order chi connectivity index (χ1) is 14.8. The third-order valence-electron chi connectivity index (χ3n) is 4.64. The van der Waals surface area contributed by atoms with E-state index in [0.29, 0.717) is 0 Å². The van der Waals surface area contributed by atoms with Crippen LogP contribution in [0.3, 0.4) is 0 Å². The number of carbonyl (C=O) groups is 1. The molecule has 4 rings (SSSR count). The van der Waals surface area contributed by atoms with E-state index in [1.54, 1.807) is 24.7 Å². The Balaban J connectivity index is 0.000000339. The van der Waals surface area contributed by atoms with Crippen molar-refractivity contribution in [1.82, 2.24) is 15.0 Å². The number of nitrogens with zero attached hydrogens (tertiary/aromatic N) is 4. The average molecular weight is 434 g/mol. The lowest BCUT2D eigenvalue weighted by atomic mass is 10.0. The van der Waals surface area contributed by atoms with Crippen LogP contribution in [0.15, 0.2) is 55.1 Å². The maximum Gasteiger partial charge on any atom is 0.490 e. The molecule has 31 heavy (non-hydrogen) atoms. The van der Waals surface area contributed by atoms with Crippen molar-refractivity contribution in [2.24, 2.45) is 0 Å². The van der Waals surface area contributed by atoms with Gasteiger partial charge in [0.2, 0.25) is 0 Å². The highest BCUT2D eigenvalue weighted by Crippen LogP contribution is 2.27. The first-order valence-corrected chi connectivity index (χ1v) is 9.29. The van der Waals surface area contributed by atoms with Crippen molar-refractivity contribution in [1.29, 1.82) is 0 Å². The van der Waals surface area contributed by atoms with Crippen molar-refractivity contribution in [3.8, 4) is 11.3 Å². The molecule has 2 aromatic heterocycles. The Bertz CT molecular complexity index is 1050. The van der Waals surface area contributed by atoms with Crippen LogP contribution in [0.1, 0.15) is 11.3 Å². The largest absolute Gasteiger partial charge is 0.490 e. The Morgan fingerprint density at radius 1 is 1.06 bits per heavy atom. The molecular weight excluding hydrogens is 416 g/mol. The number of pyridine rings is 1. The number of alkyl halides is 3. The number of hydrogen-bond donors (Lipinski definition) is 1. The van der Waals surface area contributed by atoms with E-state index in [9.17, 15) is 17.6 Å². The fourth-order valence-electron chi connectivity index (χ4n) is 3.21. The van der Waals surface area contributed by atoms with Gasteiger partial charge >= 0.3 is 12.1 Å². The van der Waals surface area contributed by atoms with Gasteiger partial charge in [-0.2, -0.15) is 13.2 Å². The third kappa shape index (κ3) is 5.74. The number of hydrogen-bond acceptors (Lipinski definition) is 5. The summed E-state index contributed by atoms with van der Waals surface area (Å²) >= 11 is 0. The van der Waals surface area contributed by atoms with Crippen LogP contribution in [-0.4, -0.2) is 45.3 Å². The highest BCUT2D eigenvalue weighted by Gasteiger charge is 2.38. The fourth-order valence-corrected chi connectivity index (χ4v) is 3.21. The second-order valence-electron chi connectivity index (χ2n) is 6.66. The van der Waals surface area contributed by atoms with Gasteiger partial charge in [-0.3, -0.25) is 4.98 Å². The molecule has 0 saturated heterocycles. The minimum absolute atomic E-state index is 0.204. The van der Waals surface area contributed by atoms with Crippen LogP contribution in [0.25, 0.3) is 11.3 Å². The van der Waals surface area contributed by atoms with Gasteiger partial charge in [-0.05, 0) is 36.8 Å². The van der Waals surface area contributed by atoms with Crippen LogP contribution in [0.2, 0.25) is 0 Å². The number of aromatic nitrogens is 3. The summed E-state index contributed by atoms with van der Waals surface area (Å²) in [6, 6.07) is 10.7. The zero-order valence-corrected chi connectivity index (χ0v) is 16.2. The molecule has 0 spiro atoms. The van der Waals surface area contributed by atoms with Gasteiger partial charge in [0.1, 0.15) is 12.1 Å². The summed E-state index contributed by atoms with van der Waals surface area (Å²) in [5.41, 5.74) is 5.12. The highest BCUT2D eigenvalue weighted by molar-refractivity contribution is 5.73. The number of carboxylic acid groups (broad SMARTS) is 1. The van der Waals surface area contributed by atoms with Gasteiger partial charge in [-0.1, -0.05) is 6.07 Å². The molecule has 1 aliphatic heterocycles. The number of benzene rings is 1. The van der Waals surface area contributed by atoms with E-state index in [1.165, 1.54) is 11.6 Å². The van der Waals surface area contributed by atoms with Crippen molar-refractivity contribution in [3.63, 3.8) is 0 Å². The van der Waals surface area contributed by atoms with Gasteiger partial charge in [0, 0.05) is 54.4 Å². The molecule has 162 valence electrons. The van der Waals surface area contributed by atoms with Crippen LogP contribution in [0, 0.1) is 5.82 Å². The molecule has 0 radical (unpaired) electrons. The predicted octanol–water partition coefficient (Wildman–Crippen LogP) is 3.92. The van der Waals surface area contributed by atoms with Crippen molar-refractivity contribution in [3.05, 3.63) is 72.2 Å². The number of halogens is 4. The summed E-state index contributed by atoms with van der Waals surface area (Å²) in [7, 11) is 0. The molecule has 0 aliphatic carbocycles. The predicted molar refractivity (Wildman–Crippen MR) is 105 cm³/mol. The smallest absolute Gasteiger partial charge is 0.475 e. The van der Waals surface area contributed by atoms with Gasteiger partial charge in [0.15, 0.2) is 0 Å². The summed E-state index contributed by atoms with van der Waals surface area (Å²) in [4.78, 5) is 24.3. The molecular formula is C21H18F4N4O2. The van der Waals surface area contributed by atoms with Crippen molar-refractivity contribution in [2.75, 3.05) is 18.0 Å². The summed E-state index contributed by atoms with van der Waals surface area (Å²) < 4.78 is 45.3. The number of carboxylic acids is 1. The summed E-state index contributed by atoms with van der Waals surface area (Å²) in [5, 5.41) is 7.12. The molecule has 0 bridgehead atoms. The molecule has 6 nitrogen and oxygen atoms in total. The van der Waals surface area contributed by atoms with E-state index in [0.717, 1.165) is 48.6 Å². The normalized spacial score (nSPS) is 13.5. The zero-order chi connectivity index (χ0) is 22.4. The Labute approximate surface area is 175 Å². The quantitative estimate of drug-likeness (QED) is 0.616. The summed E-state index contributed by atoms with van der Waals surface area (Å²) in [5.74, 6) is -2.96. The lowest BCUT2D eigenvalue weighted by Gasteiger charge is -2.22. The zero-order valence-electron chi connectivity index (χ0n) is 16.2. The molecule has 1 aliphatic rings. The second kappa shape index (κ2) is 9.50. The SMILES string of the molecule is Fc1cccc(N2CCc3ncnc(-c4cccnc4)c3CC2)c1.O=C(O)C(F)(F)F. The molecule has 3 aromatic rings. The molecule has 10 heteroatoms. The van der Waals surface area contributed by atoms with E-state index in [4.69, 9.17) is 9.90 Å². The van der Waals surface area contributed by atoms with Crippen molar-refractivity contribution < 1.29 is 27.5 Å². The number of rotatable bonds is 2. The first kappa shape index (κ1) is 22.1. The maximum absolute atomic E-state index is 13.5. The monoisotopic (exact) mass is 434 g/mol. The Morgan fingerprint density at radius 2 is 1.81 bits per heavy atom. The lowest BCUT2D eigenvalue weighted by molar-refractivity contribution is -0.192. The molecule has 0 saturated carbocycles. The molecule has 1 aromatic carbocycles. The number of fused-ring (bicyclic) bond motifs is 1. The van der Waals surface area contributed by atoms with Crippen LogP contribution in [0.5, 0.6) is 0 Å². The van der Waals surface area contributed by atoms with Crippen LogP contribution < -0.4 is 4.90 Å². The van der Waals surface area contributed by atoms with E-state index in [1.807, 2.05) is 24.4 Å². The second-order valence-corrected chi connectivity index (χ2v) is 6.66. The molecule has 3 heterocycles. The third-order valence-corrected chi connectivity index (χ3v) is 4.64. The van der Waals surface area contributed by atoms with Gasteiger partial charge in [-0.25, -0.2) is 19.2 Å². The van der Waals surface area contributed by atoms with E-state index >= 15 is 0 Å². The van der Waals surface area contributed by atoms with Crippen LogP contribution >= 0.6 is 0 Å². The molecule has 0 unspecified atom stereocenters. The van der Waals surface area contributed by atoms with Crippen molar-refractivity contribution in [2.45, 2.75) is 19.0 Å². The minimum Gasteiger partial charge on any atom is -0.475 e.